The van der Waals surface area contributed by atoms with Crippen LogP contribution in [0.5, 0.6) is 5.75 Å². The fraction of sp³-hybridized carbons (Fsp3) is 0.0385. The second kappa shape index (κ2) is 12.4. The topological polar surface area (TPSA) is 25.9 Å². The number of rotatable bonds is 4. The van der Waals surface area contributed by atoms with Crippen molar-refractivity contribution in [2.75, 3.05) is 0 Å². The zero-order chi connectivity index (χ0) is 26.5. The Bertz CT molecular complexity index is 1280. The van der Waals surface area contributed by atoms with Crippen LogP contribution in [0.4, 0.5) is 18.9 Å². The fourth-order valence-corrected chi connectivity index (χ4v) is 3.51. The molecular formula is C26H20Cl3F3NO2Zr. The molecule has 36 heavy (non-hydrogen) atoms. The first kappa shape index (κ1) is 28.4. The maximum absolute atomic E-state index is 13.4. The average Bonchev–Trinajstić information content (AvgIpc) is 3.18. The van der Waals surface area contributed by atoms with Crippen LogP contribution >= 0.6 is 25.5 Å². The molecule has 0 amide bonds. The molecule has 3 aromatic rings. The maximum atomic E-state index is 13.4. The zero-order valence-electron chi connectivity index (χ0n) is 18.6. The first-order valence-corrected chi connectivity index (χ1v) is 19.8. The van der Waals surface area contributed by atoms with Gasteiger partial charge in [0.15, 0.2) is 11.9 Å². The van der Waals surface area contributed by atoms with Gasteiger partial charge in [0.05, 0.1) is 0 Å². The number of alkyl halides is 3. The second-order valence-electron chi connectivity index (χ2n) is 7.42. The van der Waals surface area contributed by atoms with Crippen LogP contribution in [0.25, 0.3) is 11.1 Å². The molecule has 0 bridgehead atoms. The second-order valence-corrected chi connectivity index (χ2v) is 18.6. The Kier molecular flexibility index (Phi) is 9.76. The van der Waals surface area contributed by atoms with Crippen molar-refractivity contribution in [1.29, 1.82) is 0 Å². The van der Waals surface area contributed by atoms with E-state index < -0.39 is 29.9 Å². The molecule has 187 valence electrons. The molecule has 3 nitrogen and oxygen atoms in total. The van der Waals surface area contributed by atoms with Gasteiger partial charge < -0.3 is 9.47 Å². The van der Waals surface area contributed by atoms with Gasteiger partial charge in [0, 0.05) is 6.07 Å². The number of hydrogen-bond donors (Lipinski definition) is 1. The van der Waals surface area contributed by atoms with E-state index in [0.29, 0.717) is 11.4 Å². The van der Waals surface area contributed by atoms with E-state index in [0.717, 1.165) is 17.2 Å². The van der Waals surface area contributed by atoms with Crippen LogP contribution < -0.4 is 0 Å². The van der Waals surface area contributed by atoms with Gasteiger partial charge in [-0.05, 0) is 47.6 Å². The van der Waals surface area contributed by atoms with E-state index in [1.807, 2.05) is 30.3 Å². The van der Waals surface area contributed by atoms with Crippen LogP contribution in [0, 0.1) is 13.2 Å². The van der Waals surface area contributed by atoms with E-state index in [-0.39, 0.29) is 17.4 Å². The molecule has 0 saturated heterocycles. The predicted octanol–water partition coefficient (Wildman–Crippen LogP) is 8.82. The first-order chi connectivity index (χ1) is 17.0. The summed E-state index contributed by atoms with van der Waals surface area (Å²) in [7, 11) is 18.8. The summed E-state index contributed by atoms with van der Waals surface area (Å²) >= 11 is -2.13. The van der Waals surface area contributed by atoms with Crippen molar-refractivity contribution in [3.8, 4) is 16.9 Å². The van der Waals surface area contributed by atoms with Gasteiger partial charge in [-0.2, -0.15) is 17.7 Å². The van der Waals surface area contributed by atoms with Gasteiger partial charge in [0.2, 0.25) is 5.76 Å². The van der Waals surface area contributed by atoms with E-state index in [2.05, 4.69) is 18.2 Å². The Morgan fingerprint density at radius 3 is 2.22 bits per heavy atom. The molecule has 0 aliphatic carbocycles. The summed E-state index contributed by atoms with van der Waals surface area (Å²) < 4.78 is 44.1. The van der Waals surface area contributed by atoms with Gasteiger partial charge in [0.1, 0.15) is 6.72 Å². The minimum absolute atomic E-state index is 0.00387. The number of allylic oxidation sites excluding steroid dienone is 1. The predicted molar refractivity (Wildman–Crippen MR) is 136 cm³/mol. The van der Waals surface area contributed by atoms with E-state index >= 15 is 0 Å². The molecule has 0 unspecified atom stereocenters. The van der Waals surface area contributed by atoms with Crippen molar-refractivity contribution >= 4 is 37.9 Å². The third kappa shape index (κ3) is 7.20. The Balaban J connectivity index is 0.000000840. The number of halogens is 6. The van der Waals surface area contributed by atoms with Gasteiger partial charge in [0.25, 0.3) is 11.9 Å². The number of hydrogen-bond acceptors (Lipinski definition) is 1. The van der Waals surface area contributed by atoms with Gasteiger partial charge in [-0.25, -0.2) is 0 Å². The van der Waals surface area contributed by atoms with E-state index in [4.69, 9.17) is 25.5 Å². The molecule has 0 aromatic heterocycles. The molecule has 0 saturated carbocycles. The minimum atomic E-state index is -4.49. The number of phenols is 1. The van der Waals surface area contributed by atoms with Crippen LogP contribution in [0.1, 0.15) is 11.1 Å². The summed E-state index contributed by atoms with van der Waals surface area (Å²) in [4.78, 5) is 0. The average molecular weight is 633 g/mol. The Morgan fingerprint density at radius 1 is 0.972 bits per heavy atom. The molecule has 0 atom stereocenters. The monoisotopic (exact) mass is 630 g/mol. The molecule has 4 rings (SSSR count). The number of nitrogens with zero attached hydrogens (tertiary/aromatic N) is 1. The van der Waals surface area contributed by atoms with Crippen molar-refractivity contribution in [3.05, 3.63) is 121 Å². The number of phenolic OH excluding ortho intramolecular Hbond substituents is 1. The van der Waals surface area contributed by atoms with E-state index in [1.54, 1.807) is 42.6 Å². The number of benzene rings is 3. The van der Waals surface area contributed by atoms with Crippen molar-refractivity contribution < 1.29 is 45.4 Å². The molecule has 10 heteroatoms. The summed E-state index contributed by atoms with van der Waals surface area (Å²) in [5.74, 6) is 0.460. The molecule has 3 aromatic carbocycles. The molecular weight excluding hydrogens is 613 g/mol. The van der Waals surface area contributed by atoms with Crippen molar-refractivity contribution in [2.24, 2.45) is 0 Å². The number of aromatic hydroxyl groups is 1. The molecule has 0 spiro atoms. The molecule has 1 aliphatic heterocycles. The van der Waals surface area contributed by atoms with Gasteiger partial charge in [-0.1, -0.05) is 48.5 Å². The van der Waals surface area contributed by atoms with Crippen LogP contribution in [0.2, 0.25) is 0 Å². The van der Waals surface area contributed by atoms with Crippen molar-refractivity contribution in [3.63, 3.8) is 0 Å². The third-order valence-corrected chi connectivity index (χ3v) is 5.12. The van der Waals surface area contributed by atoms with Crippen LogP contribution in [0.3, 0.4) is 0 Å². The molecule has 1 aliphatic rings. The van der Waals surface area contributed by atoms with Crippen molar-refractivity contribution in [1.82, 2.24) is 0 Å². The first-order valence-electron chi connectivity index (χ1n) is 10.3. The summed E-state index contributed by atoms with van der Waals surface area (Å²) in [5, 5.41) is 10.4. The third-order valence-electron chi connectivity index (χ3n) is 5.12. The summed E-state index contributed by atoms with van der Waals surface area (Å²) in [5.41, 5.74) is 1.55. The summed E-state index contributed by atoms with van der Waals surface area (Å²) in [6.07, 6.45) is 0.479. The van der Waals surface area contributed by atoms with Crippen LogP contribution in [-0.4, -0.2) is 16.4 Å². The Labute approximate surface area is 226 Å². The van der Waals surface area contributed by atoms with Gasteiger partial charge >= 0.3 is 49.9 Å². The van der Waals surface area contributed by atoms with Crippen molar-refractivity contribution in [2.45, 2.75) is 6.18 Å². The standard InChI is InChI=1S/C26H20F3NO2.3ClH.Zr/c1-30(23-16-19(12-14-24(23)31)18-8-4-3-5-9-18)17-20-13-15-25(32(20)2)21-10-6-7-11-22(21)26(27,28)29;;;;/h3-17,31H,1-2H2;3*1H;/q;;;;+3/p-3/b20-17-;;;;. The normalized spacial score (nSPS) is 14.0. The Hall–Kier alpha value is -2.18. The van der Waals surface area contributed by atoms with E-state index in [1.165, 1.54) is 16.7 Å². The van der Waals surface area contributed by atoms with Crippen LogP contribution in [0.15, 0.2) is 96.9 Å². The van der Waals surface area contributed by atoms with Crippen LogP contribution in [-0.2, 0) is 28.7 Å². The summed E-state index contributed by atoms with van der Waals surface area (Å²) in [6.45, 7) is 3.96. The van der Waals surface area contributed by atoms with Gasteiger partial charge in [-0.15, -0.1) is 12.1 Å². The molecule has 0 radical (unpaired) electrons. The molecule has 1 N–H and O–H groups in total. The van der Waals surface area contributed by atoms with E-state index in [9.17, 15) is 18.3 Å². The quantitative estimate of drug-likeness (QED) is 0.132. The molecule has 0 fully saturated rings. The van der Waals surface area contributed by atoms with Gasteiger partial charge in [-0.3, -0.25) is 0 Å². The Morgan fingerprint density at radius 2 is 1.58 bits per heavy atom. The SMILES string of the molecule is C=[N+](/C=C1/C=C[C-](c2ccccc2C(F)(F)F)[O+]1[CH2-])c1cc(-c2ccccc2)ccc1O.[Cl][Zr]([Cl])[Cl]. The molecule has 1 heterocycles. The summed E-state index contributed by atoms with van der Waals surface area (Å²) in [6, 6.07) is 20.1. The zero-order valence-corrected chi connectivity index (χ0v) is 23.4. The fourth-order valence-electron chi connectivity index (χ4n) is 3.51.